The summed E-state index contributed by atoms with van der Waals surface area (Å²) in [4.78, 5) is 16.7. The number of hydrogen-bond donors (Lipinski definition) is 1. The number of hydrogen-bond acceptors (Lipinski definition) is 3. The van der Waals surface area contributed by atoms with Crippen LogP contribution in [0.2, 0.25) is 0 Å². The predicted molar refractivity (Wildman–Crippen MR) is 95.8 cm³/mol. The van der Waals surface area contributed by atoms with Gasteiger partial charge in [0.2, 0.25) is 5.91 Å². The largest absolute Gasteiger partial charge is 0.326 e. The van der Waals surface area contributed by atoms with Gasteiger partial charge in [-0.1, -0.05) is 41.5 Å². The van der Waals surface area contributed by atoms with Gasteiger partial charge in [0, 0.05) is 16.6 Å². The first-order chi connectivity index (χ1) is 11.1. The van der Waals surface area contributed by atoms with E-state index < -0.39 is 0 Å². The minimum Gasteiger partial charge on any atom is -0.326 e. The molecule has 3 rings (SSSR count). The van der Waals surface area contributed by atoms with E-state index in [2.05, 4.69) is 29.4 Å². The molecule has 1 heterocycles. The molecule has 0 atom stereocenters. The smallest absolute Gasteiger partial charge is 0.230 e. The molecule has 1 N–H and O–H groups in total. The second-order valence-corrected chi connectivity index (χ2v) is 6.46. The highest BCUT2D eigenvalue weighted by molar-refractivity contribution is 7.13. The Hall–Kier alpha value is -2.46. The first-order valence-electron chi connectivity index (χ1n) is 7.48. The van der Waals surface area contributed by atoms with Gasteiger partial charge in [-0.15, -0.1) is 11.3 Å². The number of nitrogens with one attached hydrogen (secondary N) is 1. The van der Waals surface area contributed by atoms with Crippen LogP contribution in [0.5, 0.6) is 0 Å². The molecule has 3 nitrogen and oxygen atoms in total. The minimum absolute atomic E-state index is 0.0463. The molecule has 0 saturated carbocycles. The van der Waals surface area contributed by atoms with Crippen molar-refractivity contribution in [2.24, 2.45) is 0 Å². The summed E-state index contributed by atoms with van der Waals surface area (Å²) in [5, 5.41) is 5.80. The highest BCUT2D eigenvalue weighted by Crippen LogP contribution is 2.24. The van der Waals surface area contributed by atoms with Crippen LogP contribution in [0.1, 0.15) is 16.8 Å². The van der Waals surface area contributed by atoms with Gasteiger partial charge in [-0.05, 0) is 32.0 Å². The van der Waals surface area contributed by atoms with Crippen LogP contribution in [-0.2, 0) is 11.2 Å². The highest BCUT2D eigenvalue weighted by atomic mass is 32.1. The van der Waals surface area contributed by atoms with Crippen LogP contribution >= 0.6 is 11.3 Å². The van der Waals surface area contributed by atoms with E-state index in [4.69, 9.17) is 0 Å². The number of rotatable bonds is 4. The molecule has 0 radical (unpaired) electrons. The van der Waals surface area contributed by atoms with Crippen LogP contribution in [-0.4, -0.2) is 10.9 Å². The summed E-state index contributed by atoms with van der Waals surface area (Å²) in [5.74, 6) is -0.0463. The van der Waals surface area contributed by atoms with E-state index in [-0.39, 0.29) is 12.3 Å². The lowest BCUT2D eigenvalue weighted by atomic mass is 10.1. The minimum atomic E-state index is -0.0463. The molecule has 0 fully saturated rings. The molecule has 23 heavy (non-hydrogen) atoms. The molecule has 0 bridgehead atoms. The Morgan fingerprint density at radius 1 is 1.09 bits per heavy atom. The summed E-state index contributed by atoms with van der Waals surface area (Å²) in [5.41, 5.74) is 5.09. The SMILES string of the molecule is Cc1ccc(NC(=O)Cc2csc(-c3cccc(C)c3)n2)cc1. The van der Waals surface area contributed by atoms with E-state index in [1.54, 1.807) is 11.3 Å². The maximum Gasteiger partial charge on any atom is 0.230 e. The van der Waals surface area contributed by atoms with Gasteiger partial charge in [0.05, 0.1) is 12.1 Å². The van der Waals surface area contributed by atoms with Crippen molar-refractivity contribution in [3.05, 3.63) is 70.7 Å². The van der Waals surface area contributed by atoms with E-state index in [1.807, 2.05) is 48.7 Å². The Morgan fingerprint density at radius 3 is 2.61 bits per heavy atom. The molecular formula is C19H18N2OS. The number of nitrogens with zero attached hydrogens (tertiary/aromatic N) is 1. The van der Waals surface area contributed by atoms with E-state index in [0.717, 1.165) is 22.0 Å². The number of benzene rings is 2. The van der Waals surface area contributed by atoms with Crippen molar-refractivity contribution in [1.82, 2.24) is 4.98 Å². The van der Waals surface area contributed by atoms with Gasteiger partial charge < -0.3 is 5.32 Å². The van der Waals surface area contributed by atoms with Crippen molar-refractivity contribution < 1.29 is 4.79 Å². The predicted octanol–water partition coefficient (Wildman–Crippen LogP) is 4.61. The quantitative estimate of drug-likeness (QED) is 0.762. The fourth-order valence-corrected chi connectivity index (χ4v) is 3.12. The molecule has 2 aromatic carbocycles. The Balaban J connectivity index is 1.66. The average Bonchev–Trinajstić information content (AvgIpc) is 2.98. The fourth-order valence-electron chi connectivity index (χ4n) is 2.31. The Morgan fingerprint density at radius 2 is 1.87 bits per heavy atom. The molecule has 0 unspecified atom stereocenters. The van der Waals surface area contributed by atoms with Gasteiger partial charge in [-0.25, -0.2) is 4.98 Å². The van der Waals surface area contributed by atoms with Gasteiger partial charge in [0.1, 0.15) is 5.01 Å². The summed E-state index contributed by atoms with van der Waals surface area (Å²) in [6.45, 7) is 4.08. The first-order valence-corrected chi connectivity index (χ1v) is 8.36. The molecule has 0 saturated heterocycles. The monoisotopic (exact) mass is 322 g/mol. The molecule has 0 aliphatic rings. The zero-order valence-electron chi connectivity index (χ0n) is 13.2. The summed E-state index contributed by atoms with van der Waals surface area (Å²) >= 11 is 1.57. The van der Waals surface area contributed by atoms with Crippen molar-refractivity contribution in [2.45, 2.75) is 20.3 Å². The van der Waals surface area contributed by atoms with Gasteiger partial charge >= 0.3 is 0 Å². The first kappa shape index (κ1) is 15.4. The van der Waals surface area contributed by atoms with Crippen LogP contribution < -0.4 is 5.32 Å². The number of aryl methyl sites for hydroxylation is 2. The Labute approximate surface area is 140 Å². The standard InChI is InChI=1S/C19H18N2OS/c1-13-6-8-16(9-7-13)20-18(22)11-17-12-23-19(21-17)15-5-3-4-14(2)10-15/h3-10,12H,11H2,1-2H3,(H,20,22). The zero-order valence-corrected chi connectivity index (χ0v) is 14.0. The Bertz CT molecular complexity index is 821. The molecule has 116 valence electrons. The average molecular weight is 322 g/mol. The maximum absolute atomic E-state index is 12.1. The molecule has 0 spiro atoms. The fraction of sp³-hybridized carbons (Fsp3) is 0.158. The number of anilines is 1. The maximum atomic E-state index is 12.1. The molecular weight excluding hydrogens is 304 g/mol. The second-order valence-electron chi connectivity index (χ2n) is 5.60. The number of aromatic nitrogens is 1. The van der Waals surface area contributed by atoms with E-state index in [9.17, 15) is 4.79 Å². The second kappa shape index (κ2) is 6.75. The van der Waals surface area contributed by atoms with Crippen LogP contribution in [0.4, 0.5) is 5.69 Å². The summed E-state index contributed by atoms with van der Waals surface area (Å²) in [7, 11) is 0. The van der Waals surface area contributed by atoms with Gasteiger partial charge in [-0.2, -0.15) is 0 Å². The lowest BCUT2D eigenvalue weighted by Gasteiger charge is -2.04. The summed E-state index contributed by atoms with van der Waals surface area (Å²) in [6, 6.07) is 16.0. The van der Waals surface area contributed by atoms with Crippen LogP contribution in [0, 0.1) is 13.8 Å². The number of amides is 1. The van der Waals surface area contributed by atoms with Crippen molar-refractivity contribution in [3.8, 4) is 10.6 Å². The highest BCUT2D eigenvalue weighted by Gasteiger charge is 2.09. The van der Waals surface area contributed by atoms with E-state index in [1.165, 1.54) is 11.1 Å². The van der Waals surface area contributed by atoms with Crippen molar-refractivity contribution in [2.75, 3.05) is 5.32 Å². The third-order valence-electron chi connectivity index (χ3n) is 3.49. The zero-order chi connectivity index (χ0) is 16.2. The third kappa shape index (κ3) is 4.05. The lowest BCUT2D eigenvalue weighted by Crippen LogP contribution is -2.14. The molecule has 4 heteroatoms. The van der Waals surface area contributed by atoms with Crippen LogP contribution in [0.3, 0.4) is 0 Å². The van der Waals surface area contributed by atoms with Crippen LogP contribution in [0.15, 0.2) is 53.9 Å². The topological polar surface area (TPSA) is 42.0 Å². The molecule has 0 aliphatic heterocycles. The summed E-state index contributed by atoms with van der Waals surface area (Å²) in [6.07, 6.45) is 0.288. The molecule has 1 amide bonds. The number of carbonyl (C=O) groups excluding carboxylic acids is 1. The molecule has 1 aromatic heterocycles. The summed E-state index contributed by atoms with van der Waals surface area (Å²) < 4.78 is 0. The van der Waals surface area contributed by atoms with Crippen LogP contribution in [0.25, 0.3) is 10.6 Å². The number of thiazole rings is 1. The normalized spacial score (nSPS) is 10.5. The van der Waals surface area contributed by atoms with Crippen molar-refractivity contribution >= 4 is 22.9 Å². The van der Waals surface area contributed by atoms with Crippen molar-refractivity contribution in [1.29, 1.82) is 0 Å². The number of carbonyl (C=O) groups is 1. The van der Waals surface area contributed by atoms with E-state index >= 15 is 0 Å². The Kier molecular flexibility index (Phi) is 4.53. The van der Waals surface area contributed by atoms with E-state index in [0.29, 0.717) is 0 Å². The van der Waals surface area contributed by atoms with Gasteiger partial charge in [0.25, 0.3) is 0 Å². The molecule has 3 aromatic rings. The molecule has 0 aliphatic carbocycles. The van der Waals surface area contributed by atoms with Gasteiger partial charge in [-0.3, -0.25) is 4.79 Å². The lowest BCUT2D eigenvalue weighted by molar-refractivity contribution is -0.115. The van der Waals surface area contributed by atoms with Gasteiger partial charge in [0.15, 0.2) is 0 Å². The third-order valence-corrected chi connectivity index (χ3v) is 4.43. The van der Waals surface area contributed by atoms with Crippen molar-refractivity contribution in [3.63, 3.8) is 0 Å².